The summed E-state index contributed by atoms with van der Waals surface area (Å²) in [7, 11) is 1.43. The average molecular weight is 567 g/mol. The minimum absolute atomic E-state index is 0.00707. The lowest BCUT2D eigenvalue weighted by molar-refractivity contribution is 0.0932. The Labute approximate surface area is 238 Å². The normalized spacial score (nSPS) is 12.0. The Kier molecular flexibility index (Phi) is 6.74. The lowest BCUT2D eigenvalue weighted by Gasteiger charge is -2.13. The van der Waals surface area contributed by atoms with Crippen molar-refractivity contribution in [1.82, 2.24) is 20.6 Å². The number of aromatic nitrogens is 2. The van der Waals surface area contributed by atoms with Gasteiger partial charge in [0.2, 0.25) is 5.89 Å². The highest BCUT2D eigenvalue weighted by Gasteiger charge is 2.27. The number of rotatable bonds is 6. The van der Waals surface area contributed by atoms with Crippen molar-refractivity contribution in [2.75, 3.05) is 7.05 Å². The first-order valence-corrected chi connectivity index (χ1v) is 13.1. The van der Waals surface area contributed by atoms with Gasteiger partial charge < -0.3 is 19.5 Å². The maximum Gasteiger partial charge on any atom is 0.255 e. The molecule has 2 amide bonds. The minimum atomic E-state index is -0.683. The molecule has 1 atom stereocenters. The molecule has 0 aliphatic carbocycles. The molecule has 3 aromatic heterocycles. The summed E-state index contributed by atoms with van der Waals surface area (Å²) < 4.78 is 41.5. The van der Waals surface area contributed by atoms with E-state index >= 15 is 4.39 Å². The maximum absolute atomic E-state index is 16.3. The quantitative estimate of drug-likeness (QED) is 0.231. The van der Waals surface area contributed by atoms with Gasteiger partial charge in [0.25, 0.3) is 11.8 Å². The highest BCUT2D eigenvalue weighted by atomic mass is 19.1. The van der Waals surface area contributed by atoms with Crippen LogP contribution in [0.5, 0.6) is 0 Å². The van der Waals surface area contributed by atoms with Gasteiger partial charge in [0.05, 0.1) is 17.1 Å². The van der Waals surface area contributed by atoms with Crippen LogP contribution in [0, 0.1) is 18.6 Å². The van der Waals surface area contributed by atoms with Gasteiger partial charge in [0.15, 0.2) is 5.58 Å². The molecule has 0 radical (unpaired) electrons. The Morgan fingerprint density at radius 1 is 0.905 bits per heavy atom. The number of nitrogens with zero attached hydrogens (tertiary/aromatic N) is 2. The number of oxazole rings is 1. The van der Waals surface area contributed by atoms with Gasteiger partial charge in [-0.2, -0.15) is 0 Å². The van der Waals surface area contributed by atoms with Crippen molar-refractivity contribution in [2.45, 2.75) is 19.9 Å². The molecule has 8 nitrogen and oxygen atoms in total. The number of fused-ring (bicyclic) bond motifs is 2. The smallest absolute Gasteiger partial charge is 0.255 e. The molecule has 10 heteroatoms. The zero-order chi connectivity index (χ0) is 29.5. The van der Waals surface area contributed by atoms with Gasteiger partial charge in [-0.15, -0.1) is 0 Å². The van der Waals surface area contributed by atoms with Gasteiger partial charge >= 0.3 is 0 Å². The van der Waals surface area contributed by atoms with E-state index in [1.165, 1.54) is 31.3 Å². The van der Waals surface area contributed by atoms with Gasteiger partial charge in [0, 0.05) is 29.9 Å². The molecular formula is C32H24F2N4O4. The number of carbonyl (C=O) groups is 2. The monoisotopic (exact) mass is 566 g/mol. The first-order valence-electron chi connectivity index (χ1n) is 13.1. The van der Waals surface area contributed by atoms with Crippen LogP contribution in [0.25, 0.3) is 44.5 Å². The van der Waals surface area contributed by atoms with E-state index in [0.717, 1.165) is 0 Å². The zero-order valence-corrected chi connectivity index (χ0v) is 22.8. The molecule has 0 fully saturated rings. The van der Waals surface area contributed by atoms with Crippen molar-refractivity contribution in [3.05, 3.63) is 107 Å². The van der Waals surface area contributed by atoms with Crippen molar-refractivity contribution in [2.24, 2.45) is 0 Å². The molecule has 0 bridgehead atoms. The zero-order valence-electron chi connectivity index (χ0n) is 22.8. The van der Waals surface area contributed by atoms with E-state index in [1.54, 1.807) is 62.6 Å². The van der Waals surface area contributed by atoms with Crippen LogP contribution >= 0.6 is 0 Å². The number of furan rings is 1. The first-order chi connectivity index (χ1) is 20.2. The Balaban J connectivity index is 1.38. The van der Waals surface area contributed by atoms with Crippen molar-refractivity contribution in [1.29, 1.82) is 0 Å². The largest absolute Gasteiger partial charge is 0.455 e. The third-order valence-corrected chi connectivity index (χ3v) is 7.07. The predicted octanol–water partition coefficient (Wildman–Crippen LogP) is 6.74. The van der Waals surface area contributed by atoms with Crippen LogP contribution in [0.15, 0.2) is 81.9 Å². The van der Waals surface area contributed by atoms with Crippen LogP contribution in [0.3, 0.4) is 0 Å². The molecule has 210 valence electrons. The van der Waals surface area contributed by atoms with Gasteiger partial charge in [0.1, 0.15) is 34.5 Å². The van der Waals surface area contributed by atoms with Crippen LogP contribution in [-0.2, 0) is 0 Å². The maximum atomic E-state index is 16.3. The molecule has 3 heterocycles. The Morgan fingerprint density at radius 2 is 1.69 bits per heavy atom. The summed E-state index contributed by atoms with van der Waals surface area (Å²) in [4.78, 5) is 34.6. The second-order valence-electron chi connectivity index (χ2n) is 9.81. The van der Waals surface area contributed by atoms with Crippen LogP contribution < -0.4 is 10.6 Å². The third-order valence-electron chi connectivity index (χ3n) is 7.07. The highest BCUT2D eigenvalue weighted by molar-refractivity contribution is 6.12. The van der Waals surface area contributed by atoms with Crippen LogP contribution in [0.4, 0.5) is 8.78 Å². The fourth-order valence-corrected chi connectivity index (χ4v) is 4.88. The molecule has 2 N–H and O–H groups in total. The van der Waals surface area contributed by atoms with E-state index in [0.29, 0.717) is 39.2 Å². The van der Waals surface area contributed by atoms with Crippen LogP contribution in [0.2, 0.25) is 0 Å². The first kappa shape index (κ1) is 26.8. The number of aryl methyl sites for hydroxylation is 1. The summed E-state index contributed by atoms with van der Waals surface area (Å²) in [6, 6.07) is 14.6. The number of benzene rings is 3. The lowest BCUT2D eigenvalue weighted by Crippen LogP contribution is -2.26. The van der Waals surface area contributed by atoms with Crippen molar-refractivity contribution >= 4 is 33.9 Å². The van der Waals surface area contributed by atoms with E-state index in [2.05, 4.69) is 20.6 Å². The summed E-state index contributed by atoms with van der Waals surface area (Å²) in [6.07, 6.45) is 3.16. The molecule has 42 heavy (non-hydrogen) atoms. The molecule has 0 saturated heterocycles. The van der Waals surface area contributed by atoms with Crippen molar-refractivity contribution < 1.29 is 27.2 Å². The standard InChI is InChI=1S/C32H24F2N4O4/c1-16-4-5-19(30(39)37-17(2)32-38-23-12-13-36-15-25(23)42-32)14-22(16)21-10-11-24-26(28(21)34)27(31(40)35-3)29(41-24)18-6-8-20(33)9-7-18/h4-15,17H,1-3H3,(H,35,40)(H,37,39)/t17-/m1/s1. The average Bonchev–Trinajstić information content (AvgIpc) is 3.61. The molecule has 0 aliphatic rings. The van der Waals surface area contributed by atoms with Crippen molar-refractivity contribution in [3.8, 4) is 22.5 Å². The van der Waals surface area contributed by atoms with Gasteiger partial charge in [-0.1, -0.05) is 6.07 Å². The second-order valence-corrected chi connectivity index (χ2v) is 9.81. The van der Waals surface area contributed by atoms with Gasteiger partial charge in [-0.05, 0) is 79.6 Å². The van der Waals surface area contributed by atoms with E-state index in [1.807, 2.05) is 0 Å². The number of hydrogen-bond donors (Lipinski definition) is 2. The number of pyridine rings is 1. The van der Waals surface area contributed by atoms with E-state index < -0.39 is 29.5 Å². The lowest BCUT2D eigenvalue weighted by atomic mass is 9.95. The van der Waals surface area contributed by atoms with Crippen LogP contribution in [-0.4, -0.2) is 28.8 Å². The van der Waals surface area contributed by atoms with E-state index in [-0.39, 0.29) is 27.9 Å². The fourth-order valence-electron chi connectivity index (χ4n) is 4.88. The Hall–Kier alpha value is -5.38. The van der Waals surface area contributed by atoms with Crippen molar-refractivity contribution in [3.63, 3.8) is 0 Å². The molecule has 0 spiro atoms. The SMILES string of the molecule is CNC(=O)c1c(-c2ccc(F)cc2)oc2ccc(-c3cc(C(=O)N[C@H](C)c4nc5ccncc5o4)ccc3C)c(F)c12. The van der Waals surface area contributed by atoms with E-state index in [9.17, 15) is 14.0 Å². The highest BCUT2D eigenvalue weighted by Crippen LogP contribution is 2.39. The Morgan fingerprint density at radius 3 is 2.43 bits per heavy atom. The predicted molar refractivity (Wildman–Crippen MR) is 153 cm³/mol. The summed E-state index contributed by atoms with van der Waals surface area (Å²) in [5, 5.41) is 5.39. The number of nitrogens with one attached hydrogen (secondary N) is 2. The molecule has 0 aliphatic heterocycles. The number of halogens is 2. The molecule has 3 aromatic carbocycles. The Bertz CT molecular complexity index is 1960. The molecule has 6 rings (SSSR count). The molecule has 6 aromatic rings. The van der Waals surface area contributed by atoms with Gasteiger partial charge in [-0.25, -0.2) is 13.8 Å². The topological polar surface area (TPSA) is 110 Å². The van der Waals surface area contributed by atoms with Gasteiger partial charge in [-0.3, -0.25) is 14.6 Å². The number of amides is 2. The second kappa shape index (κ2) is 10.5. The van der Waals surface area contributed by atoms with E-state index in [4.69, 9.17) is 8.83 Å². The van der Waals surface area contributed by atoms with Crippen LogP contribution in [0.1, 0.15) is 45.1 Å². The molecule has 0 saturated carbocycles. The third kappa shape index (κ3) is 4.66. The fraction of sp³-hybridized carbons (Fsp3) is 0.125. The summed E-state index contributed by atoms with van der Waals surface area (Å²) in [5.41, 5.74) is 3.37. The number of carbonyl (C=O) groups excluding carboxylic acids is 2. The summed E-state index contributed by atoms with van der Waals surface area (Å²) in [6.45, 7) is 3.55. The number of hydrogen-bond acceptors (Lipinski definition) is 6. The summed E-state index contributed by atoms with van der Waals surface area (Å²) >= 11 is 0. The molecule has 0 unspecified atom stereocenters. The minimum Gasteiger partial charge on any atom is -0.455 e. The summed E-state index contributed by atoms with van der Waals surface area (Å²) in [5.74, 6) is -1.65. The molecular weight excluding hydrogens is 542 g/mol.